The number of hydrogen-bond donors (Lipinski definition) is 1. The normalized spacial score (nSPS) is 18.1. The van der Waals surface area contributed by atoms with Gasteiger partial charge in [-0.25, -0.2) is 4.39 Å². The first kappa shape index (κ1) is 17.1. The van der Waals surface area contributed by atoms with Crippen LogP contribution in [0.1, 0.15) is 28.2 Å². The Bertz CT molecular complexity index is 671. The average Bonchev–Trinajstić information content (AvgIpc) is 3.10. The Morgan fingerprint density at radius 2 is 2.00 bits per heavy atom. The van der Waals surface area contributed by atoms with Gasteiger partial charge in [0.25, 0.3) is 5.91 Å². The van der Waals surface area contributed by atoms with Crippen LogP contribution in [-0.2, 0) is 4.74 Å². The van der Waals surface area contributed by atoms with E-state index in [-0.39, 0.29) is 23.6 Å². The van der Waals surface area contributed by atoms with Crippen molar-refractivity contribution in [3.63, 3.8) is 0 Å². The summed E-state index contributed by atoms with van der Waals surface area (Å²) in [6.45, 7) is 5.00. The Morgan fingerprint density at radius 1 is 1.25 bits per heavy atom. The molecule has 2 atom stereocenters. The summed E-state index contributed by atoms with van der Waals surface area (Å²) < 4.78 is 19.3. The number of nitrogens with zero attached hydrogens (tertiary/aromatic N) is 1. The number of amides is 1. The number of ether oxygens (including phenoxy) is 1. The summed E-state index contributed by atoms with van der Waals surface area (Å²) in [4.78, 5) is 16.0. The van der Waals surface area contributed by atoms with E-state index < -0.39 is 5.82 Å². The largest absolute Gasteiger partial charge is 0.379 e. The Balaban J connectivity index is 1.77. The fourth-order valence-corrected chi connectivity index (χ4v) is 4.03. The fraction of sp³-hybridized carbons (Fsp3) is 0.389. The fourth-order valence-electron chi connectivity index (χ4n) is 3.07. The van der Waals surface area contributed by atoms with Gasteiger partial charge in [-0.1, -0.05) is 18.2 Å². The zero-order valence-corrected chi connectivity index (χ0v) is 14.4. The van der Waals surface area contributed by atoms with Crippen molar-refractivity contribution in [3.05, 3.63) is 58.0 Å². The van der Waals surface area contributed by atoms with Crippen LogP contribution in [0.3, 0.4) is 0 Å². The van der Waals surface area contributed by atoms with Crippen LogP contribution in [0.5, 0.6) is 0 Å². The van der Waals surface area contributed by atoms with Gasteiger partial charge in [0, 0.05) is 24.0 Å². The molecule has 1 aliphatic heterocycles. The Labute approximate surface area is 145 Å². The van der Waals surface area contributed by atoms with Crippen molar-refractivity contribution in [2.45, 2.75) is 19.0 Å². The maximum absolute atomic E-state index is 13.8. The van der Waals surface area contributed by atoms with Gasteiger partial charge in [0.05, 0.1) is 24.8 Å². The molecular formula is C18H21FN2O2S. The van der Waals surface area contributed by atoms with Crippen molar-refractivity contribution in [2.24, 2.45) is 0 Å². The van der Waals surface area contributed by atoms with E-state index in [1.807, 2.05) is 18.4 Å². The summed E-state index contributed by atoms with van der Waals surface area (Å²) in [5.74, 6) is -0.878. The summed E-state index contributed by atoms with van der Waals surface area (Å²) in [6, 6.07) is 10.1. The molecule has 1 aromatic heterocycles. The van der Waals surface area contributed by atoms with E-state index in [4.69, 9.17) is 4.74 Å². The summed E-state index contributed by atoms with van der Waals surface area (Å²) in [6.07, 6.45) is 0. The second-order valence-corrected chi connectivity index (χ2v) is 6.83. The third-order valence-corrected chi connectivity index (χ3v) is 5.17. The number of nitrogens with one attached hydrogen (secondary N) is 1. The van der Waals surface area contributed by atoms with Crippen molar-refractivity contribution in [1.29, 1.82) is 0 Å². The molecule has 6 heteroatoms. The molecule has 0 bridgehead atoms. The number of halogens is 1. The van der Waals surface area contributed by atoms with Crippen LogP contribution in [0.4, 0.5) is 4.39 Å². The minimum atomic E-state index is -0.499. The van der Waals surface area contributed by atoms with Crippen LogP contribution in [0.25, 0.3) is 0 Å². The minimum absolute atomic E-state index is 0.0598. The van der Waals surface area contributed by atoms with Crippen LogP contribution in [0.2, 0.25) is 0 Å². The molecule has 1 aromatic carbocycles. The molecular weight excluding hydrogens is 327 g/mol. The zero-order valence-electron chi connectivity index (χ0n) is 13.6. The lowest BCUT2D eigenvalue weighted by Gasteiger charge is -2.37. The molecule has 1 saturated heterocycles. The summed E-state index contributed by atoms with van der Waals surface area (Å²) >= 11 is 1.67. The molecule has 1 aliphatic rings. The van der Waals surface area contributed by atoms with Gasteiger partial charge in [0.1, 0.15) is 5.82 Å². The van der Waals surface area contributed by atoms with Crippen molar-refractivity contribution in [2.75, 3.05) is 26.3 Å². The average molecular weight is 348 g/mol. The van der Waals surface area contributed by atoms with Gasteiger partial charge < -0.3 is 10.1 Å². The quantitative estimate of drug-likeness (QED) is 0.903. The number of benzene rings is 1. The molecule has 0 radical (unpaired) electrons. The molecule has 2 aromatic rings. The van der Waals surface area contributed by atoms with Crippen molar-refractivity contribution < 1.29 is 13.9 Å². The van der Waals surface area contributed by atoms with Gasteiger partial charge in [-0.3, -0.25) is 9.69 Å². The van der Waals surface area contributed by atoms with Crippen LogP contribution < -0.4 is 5.32 Å². The van der Waals surface area contributed by atoms with E-state index in [1.54, 1.807) is 23.5 Å². The number of hydrogen-bond acceptors (Lipinski definition) is 4. The predicted octanol–water partition coefficient (Wildman–Crippen LogP) is 3.08. The number of thiophene rings is 1. The summed E-state index contributed by atoms with van der Waals surface area (Å²) in [5.41, 5.74) is 0.0799. The van der Waals surface area contributed by atoms with E-state index in [0.29, 0.717) is 13.2 Å². The highest BCUT2D eigenvalue weighted by Gasteiger charge is 2.30. The third kappa shape index (κ3) is 3.83. The van der Waals surface area contributed by atoms with Gasteiger partial charge in [-0.05, 0) is 30.5 Å². The molecule has 0 aliphatic carbocycles. The minimum Gasteiger partial charge on any atom is -0.379 e. The van der Waals surface area contributed by atoms with E-state index >= 15 is 0 Å². The lowest BCUT2D eigenvalue weighted by Crippen LogP contribution is -2.48. The molecule has 2 unspecified atom stereocenters. The molecule has 128 valence electrons. The first-order valence-corrected chi connectivity index (χ1v) is 8.95. The number of morpholine rings is 1. The smallest absolute Gasteiger partial charge is 0.254 e. The second kappa shape index (κ2) is 7.88. The first-order valence-electron chi connectivity index (χ1n) is 8.07. The molecule has 0 saturated carbocycles. The highest BCUT2D eigenvalue weighted by atomic mass is 32.1. The van der Waals surface area contributed by atoms with E-state index in [0.717, 1.165) is 13.1 Å². The molecule has 24 heavy (non-hydrogen) atoms. The number of carbonyl (C=O) groups is 1. The van der Waals surface area contributed by atoms with Crippen molar-refractivity contribution in [1.82, 2.24) is 10.2 Å². The standard InChI is InChI=1S/C18H21FN2O2S/c1-13(20-18(22)14-5-2-3-6-15(14)19)17(16-7-4-12-24-16)21-8-10-23-11-9-21/h2-7,12-13,17H,8-11H2,1H3,(H,20,22). The van der Waals surface area contributed by atoms with Crippen LogP contribution in [0, 0.1) is 5.82 Å². The maximum Gasteiger partial charge on any atom is 0.254 e. The van der Waals surface area contributed by atoms with Crippen molar-refractivity contribution in [3.8, 4) is 0 Å². The molecule has 3 rings (SSSR count). The second-order valence-electron chi connectivity index (χ2n) is 5.85. The van der Waals surface area contributed by atoms with Gasteiger partial charge in [-0.15, -0.1) is 11.3 Å². The number of rotatable bonds is 5. The third-order valence-electron chi connectivity index (χ3n) is 4.22. The summed E-state index contributed by atoms with van der Waals surface area (Å²) in [7, 11) is 0. The zero-order chi connectivity index (χ0) is 16.9. The first-order chi connectivity index (χ1) is 11.7. The molecule has 0 spiro atoms. The van der Waals surface area contributed by atoms with E-state index in [1.165, 1.54) is 17.0 Å². The maximum atomic E-state index is 13.8. The van der Waals surface area contributed by atoms with Crippen LogP contribution in [-0.4, -0.2) is 43.2 Å². The van der Waals surface area contributed by atoms with Gasteiger partial charge >= 0.3 is 0 Å². The molecule has 2 heterocycles. The predicted molar refractivity (Wildman–Crippen MR) is 92.8 cm³/mol. The molecule has 1 N–H and O–H groups in total. The molecule has 1 fully saturated rings. The lowest BCUT2D eigenvalue weighted by atomic mass is 10.0. The topological polar surface area (TPSA) is 41.6 Å². The van der Waals surface area contributed by atoms with Crippen LogP contribution in [0.15, 0.2) is 41.8 Å². The van der Waals surface area contributed by atoms with Gasteiger partial charge in [-0.2, -0.15) is 0 Å². The van der Waals surface area contributed by atoms with Crippen LogP contribution >= 0.6 is 11.3 Å². The number of carbonyl (C=O) groups excluding carboxylic acids is 1. The SMILES string of the molecule is CC(NC(=O)c1ccccc1F)C(c1cccs1)N1CCOCC1. The summed E-state index contributed by atoms with van der Waals surface area (Å²) in [5, 5.41) is 5.00. The Hall–Kier alpha value is -1.76. The highest BCUT2D eigenvalue weighted by molar-refractivity contribution is 7.10. The highest BCUT2D eigenvalue weighted by Crippen LogP contribution is 2.29. The van der Waals surface area contributed by atoms with Crippen molar-refractivity contribution >= 4 is 17.2 Å². The lowest BCUT2D eigenvalue weighted by molar-refractivity contribution is 0.00968. The van der Waals surface area contributed by atoms with E-state index in [9.17, 15) is 9.18 Å². The Kier molecular flexibility index (Phi) is 5.60. The van der Waals surface area contributed by atoms with Gasteiger partial charge in [0.2, 0.25) is 0 Å². The van der Waals surface area contributed by atoms with E-state index in [2.05, 4.69) is 16.3 Å². The molecule has 1 amide bonds. The van der Waals surface area contributed by atoms with Gasteiger partial charge in [0.15, 0.2) is 0 Å². The molecule has 4 nitrogen and oxygen atoms in total. The Morgan fingerprint density at radius 3 is 2.67 bits per heavy atom. The monoisotopic (exact) mass is 348 g/mol.